The molecule has 0 aromatic carbocycles. The lowest BCUT2D eigenvalue weighted by molar-refractivity contribution is 0.222. The number of hydrogen-bond acceptors (Lipinski definition) is 3. The van der Waals surface area contributed by atoms with Crippen LogP contribution in [0.3, 0.4) is 0 Å². The standard InChI is InChI=1S/C17H29N5O/c1-13(14-6-4-3-5-7-14)19-17(23)20-15-8-9-22(11-15)16-10-18-21(2)12-16/h10,12-15H,3-9,11H2,1-2H3,(H2,19,20,23)/t13-,15+/m1/s1. The molecule has 1 aromatic heterocycles. The molecule has 0 radical (unpaired) electrons. The summed E-state index contributed by atoms with van der Waals surface area (Å²) in [7, 11) is 1.93. The first kappa shape index (κ1) is 16.1. The van der Waals surface area contributed by atoms with Crippen LogP contribution in [0.2, 0.25) is 0 Å². The van der Waals surface area contributed by atoms with E-state index in [1.54, 1.807) is 0 Å². The average Bonchev–Trinajstić information content (AvgIpc) is 3.17. The van der Waals surface area contributed by atoms with Crippen LogP contribution in [0.1, 0.15) is 45.4 Å². The summed E-state index contributed by atoms with van der Waals surface area (Å²) < 4.78 is 1.81. The molecule has 2 atom stereocenters. The molecule has 1 saturated heterocycles. The first-order valence-electron chi connectivity index (χ1n) is 8.92. The summed E-state index contributed by atoms with van der Waals surface area (Å²) >= 11 is 0. The SMILES string of the molecule is C[C@@H](NC(=O)N[C@H]1CCN(c2cnn(C)c2)C1)C1CCCCC1. The van der Waals surface area contributed by atoms with E-state index in [-0.39, 0.29) is 18.1 Å². The van der Waals surface area contributed by atoms with Gasteiger partial charge < -0.3 is 15.5 Å². The molecule has 0 spiro atoms. The van der Waals surface area contributed by atoms with Crippen molar-refractivity contribution >= 4 is 11.7 Å². The second-order valence-corrected chi connectivity index (χ2v) is 7.11. The van der Waals surface area contributed by atoms with Crippen LogP contribution >= 0.6 is 0 Å². The van der Waals surface area contributed by atoms with Gasteiger partial charge in [0.05, 0.1) is 11.9 Å². The lowest BCUT2D eigenvalue weighted by Gasteiger charge is -2.28. The molecule has 0 unspecified atom stereocenters. The summed E-state index contributed by atoms with van der Waals surface area (Å²) in [5.74, 6) is 0.643. The maximum atomic E-state index is 12.2. The number of nitrogens with one attached hydrogen (secondary N) is 2. The third kappa shape index (κ3) is 4.18. The van der Waals surface area contributed by atoms with Gasteiger partial charge in [-0.05, 0) is 32.1 Å². The molecule has 6 heteroatoms. The summed E-state index contributed by atoms with van der Waals surface area (Å²) in [5.41, 5.74) is 1.13. The van der Waals surface area contributed by atoms with Gasteiger partial charge in [0.1, 0.15) is 0 Å². The predicted octanol–water partition coefficient (Wildman–Crippen LogP) is 2.27. The molecular weight excluding hydrogens is 290 g/mol. The van der Waals surface area contributed by atoms with E-state index in [9.17, 15) is 4.79 Å². The summed E-state index contributed by atoms with van der Waals surface area (Å²) in [5, 5.41) is 10.5. The number of aromatic nitrogens is 2. The number of anilines is 1. The van der Waals surface area contributed by atoms with Crippen LogP contribution in [-0.2, 0) is 7.05 Å². The Kier molecular flexibility index (Phi) is 5.08. The summed E-state index contributed by atoms with van der Waals surface area (Å²) in [6.45, 7) is 3.97. The number of urea groups is 1. The highest BCUT2D eigenvalue weighted by molar-refractivity contribution is 5.74. The number of amides is 2. The maximum absolute atomic E-state index is 12.2. The quantitative estimate of drug-likeness (QED) is 0.895. The minimum absolute atomic E-state index is 0.0129. The fourth-order valence-corrected chi connectivity index (χ4v) is 3.87. The Morgan fingerprint density at radius 3 is 2.78 bits per heavy atom. The van der Waals surface area contributed by atoms with Crippen LogP contribution in [0.25, 0.3) is 0 Å². The van der Waals surface area contributed by atoms with E-state index < -0.39 is 0 Å². The molecule has 23 heavy (non-hydrogen) atoms. The highest BCUT2D eigenvalue weighted by Crippen LogP contribution is 2.26. The van der Waals surface area contributed by atoms with Crippen molar-refractivity contribution in [2.75, 3.05) is 18.0 Å². The van der Waals surface area contributed by atoms with Crippen LogP contribution < -0.4 is 15.5 Å². The predicted molar refractivity (Wildman–Crippen MR) is 91.5 cm³/mol. The van der Waals surface area contributed by atoms with Crippen molar-refractivity contribution < 1.29 is 4.79 Å². The van der Waals surface area contributed by atoms with Crippen LogP contribution in [0.5, 0.6) is 0 Å². The third-order valence-corrected chi connectivity index (χ3v) is 5.30. The Labute approximate surface area is 138 Å². The van der Waals surface area contributed by atoms with E-state index in [0.29, 0.717) is 5.92 Å². The first-order chi connectivity index (χ1) is 11.1. The third-order valence-electron chi connectivity index (χ3n) is 5.30. The van der Waals surface area contributed by atoms with Crippen molar-refractivity contribution in [3.63, 3.8) is 0 Å². The van der Waals surface area contributed by atoms with E-state index in [2.05, 4.69) is 27.6 Å². The fraction of sp³-hybridized carbons (Fsp3) is 0.765. The number of aryl methyl sites for hydroxylation is 1. The molecule has 2 amide bonds. The van der Waals surface area contributed by atoms with Gasteiger partial charge in [0.15, 0.2) is 0 Å². The molecule has 2 aliphatic rings. The zero-order valence-electron chi connectivity index (χ0n) is 14.3. The van der Waals surface area contributed by atoms with Gasteiger partial charge in [-0.3, -0.25) is 4.68 Å². The number of carbonyl (C=O) groups excluding carboxylic acids is 1. The molecule has 2 fully saturated rings. The van der Waals surface area contributed by atoms with Crippen molar-refractivity contribution in [3.8, 4) is 0 Å². The van der Waals surface area contributed by atoms with Gasteiger partial charge in [-0.15, -0.1) is 0 Å². The topological polar surface area (TPSA) is 62.2 Å². The largest absolute Gasteiger partial charge is 0.367 e. The zero-order chi connectivity index (χ0) is 16.2. The minimum Gasteiger partial charge on any atom is -0.367 e. The highest BCUT2D eigenvalue weighted by Gasteiger charge is 2.26. The average molecular weight is 319 g/mol. The van der Waals surface area contributed by atoms with Gasteiger partial charge in [0.25, 0.3) is 0 Å². The normalized spacial score (nSPS) is 23.7. The molecule has 128 valence electrons. The Morgan fingerprint density at radius 2 is 2.09 bits per heavy atom. The number of carbonyl (C=O) groups is 1. The second kappa shape index (κ2) is 7.23. The Bertz CT molecular complexity index is 523. The molecule has 2 N–H and O–H groups in total. The van der Waals surface area contributed by atoms with E-state index in [1.807, 2.05) is 24.1 Å². The maximum Gasteiger partial charge on any atom is 0.315 e. The molecule has 1 aromatic rings. The summed E-state index contributed by atoms with van der Waals surface area (Å²) in [4.78, 5) is 14.5. The summed E-state index contributed by atoms with van der Waals surface area (Å²) in [6.07, 6.45) is 11.4. The molecule has 1 aliphatic heterocycles. The van der Waals surface area contributed by atoms with Crippen molar-refractivity contribution in [1.82, 2.24) is 20.4 Å². The molecule has 1 saturated carbocycles. The van der Waals surface area contributed by atoms with Gasteiger partial charge in [0, 0.05) is 38.4 Å². The van der Waals surface area contributed by atoms with Gasteiger partial charge in [0.2, 0.25) is 0 Å². The van der Waals surface area contributed by atoms with Gasteiger partial charge in [-0.2, -0.15) is 5.10 Å². The zero-order valence-corrected chi connectivity index (χ0v) is 14.3. The first-order valence-corrected chi connectivity index (χ1v) is 8.92. The van der Waals surface area contributed by atoms with E-state index in [0.717, 1.165) is 25.2 Å². The molecular formula is C17H29N5O. The number of nitrogens with zero attached hydrogens (tertiary/aromatic N) is 3. The molecule has 0 bridgehead atoms. The van der Waals surface area contributed by atoms with E-state index >= 15 is 0 Å². The van der Waals surface area contributed by atoms with Gasteiger partial charge in [-0.25, -0.2) is 4.79 Å². The molecule has 6 nitrogen and oxygen atoms in total. The van der Waals surface area contributed by atoms with Crippen LogP contribution in [-0.4, -0.2) is 41.0 Å². The smallest absolute Gasteiger partial charge is 0.315 e. The molecule has 1 aliphatic carbocycles. The monoisotopic (exact) mass is 319 g/mol. The molecule has 2 heterocycles. The fourth-order valence-electron chi connectivity index (χ4n) is 3.87. The Morgan fingerprint density at radius 1 is 1.30 bits per heavy atom. The highest BCUT2D eigenvalue weighted by atomic mass is 16.2. The lowest BCUT2D eigenvalue weighted by Crippen LogP contribution is -2.48. The van der Waals surface area contributed by atoms with Crippen molar-refractivity contribution in [1.29, 1.82) is 0 Å². The van der Waals surface area contributed by atoms with Crippen molar-refractivity contribution in [3.05, 3.63) is 12.4 Å². The molecule has 3 rings (SSSR count). The van der Waals surface area contributed by atoms with Gasteiger partial charge >= 0.3 is 6.03 Å². The van der Waals surface area contributed by atoms with Crippen LogP contribution in [0.4, 0.5) is 10.5 Å². The minimum atomic E-state index is -0.0129. The van der Waals surface area contributed by atoms with Gasteiger partial charge in [-0.1, -0.05) is 19.3 Å². The second-order valence-electron chi connectivity index (χ2n) is 7.11. The Balaban J connectivity index is 1.43. The van der Waals surface area contributed by atoms with E-state index in [4.69, 9.17) is 0 Å². The number of rotatable bonds is 4. The van der Waals surface area contributed by atoms with Crippen molar-refractivity contribution in [2.24, 2.45) is 13.0 Å². The summed E-state index contributed by atoms with van der Waals surface area (Å²) in [6, 6.07) is 0.473. The van der Waals surface area contributed by atoms with Crippen LogP contribution in [0, 0.1) is 5.92 Å². The number of hydrogen-bond donors (Lipinski definition) is 2. The lowest BCUT2D eigenvalue weighted by atomic mass is 9.85. The van der Waals surface area contributed by atoms with Crippen molar-refractivity contribution in [2.45, 2.75) is 57.5 Å². The van der Waals surface area contributed by atoms with Crippen LogP contribution in [0.15, 0.2) is 12.4 Å². The Hall–Kier alpha value is -1.72. The van der Waals surface area contributed by atoms with E-state index in [1.165, 1.54) is 32.1 Å².